The van der Waals surface area contributed by atoms with Crippen LogP contribution in [-0.4, -0.2) is 4.98 Å². The fraction of sp³-hybridized carbons (Fsp3) is 0.250. The number of hydrogen-bond acceptors (Lipinski definition) is 2. The summed E-state index contributed by atoms with van der Waals surface area (Å²) in [4.78, 5) is 4.22. The Hall–Kier alpha value is -0.880. The van der Waals surface area contributed by atoms with Gasteiger partial charge in [0.25, 0.3) is 0 Å². The van der Waals surface area contributed by atoms with Crippen molar-refractivity contribution in [2.75, 3.05) is 0 Å². The molecule has 0 saturated carbocycles. The number of rotatable bonds is 1. The van der Waals surface area contributed by atoms with Crippen LogP contribution in [0, 0.1) is 11.3 Å². The van der Waals surface area contributed by atoms with Crippen LogP contribution in [0.4, 0.5) is 0 Å². The summed E-state index contributed by atoms with van der Waals surface area (Å²) in [5.74, 6) is 0. The van der Waals surface area contributed by atoms with Crippen molar-refractivity contribution in [3.05, 3.63) is 29.6 Å². The molecule has 56 valence electrons. The Labute approximate surface area is 74.0 Å². The highest BCUT2D eigenvalue weighted by Crippen LogP contribution is 2.19. The zero-order valence-electron chi connectivity index (χ0n) is 6.08. The van der Waals surface area contributed by atoms with Gasteiger partial charge >= 0.3 is 0 Å². The topological polar surface area (TPSA) is 36.7 Å². The van der Waals surface area contributed by atoms with E-state index in [0.717, 1.165) is 5.56 Å². The molecule has 1 unspecified atom stereocenters. The Bertz CT molecular complexity index is 271. The number of nitrogens with zero attached hydrogens (tertiary/aromatic N) is 2. The minimum absolute atomic E-state index is 0.294. The molecule has 0 saturated heterocycles. The molecule has 1 aromatic heterocycles. The summed E-state index contributed by atoms with van der Waals surface area (Å²) in [5.41, 5.74) is 1.55. The molecule has 1 heterocycles. The first-order valence-corrected chi connectivity index (χ1v) is 4.15. The molecule has 0 aromatic carbocycles. The van der Waals surface area contributed by atoms with E-state index >= 15 is 0 Å². The van der Waals surface area contributed by atoms with Crippen molar-refractivity contribution in [1.29, 1.82) is 5.26 Å². The summed E-state index contributed by atoms with van der Waals surface area (Å²) < 4.78 is 0. The smallest absolute Gasteiger partial charge is 0.140 e. The summed E-state index contributed by atoms with van der Waals surface area (Å²) in [6, 6.07) is 5.58. The lowest BCUT2D eigenvalue weighted by Gasteiger charge is -2.00. The van der Waals surface area contributed by atoms with Crippen molar-refractivity contribution in [2.24, 2.45) is 0 Å². The normalized spacial score (nSPS) is 12.1. The zero-order valence-corrected chi connectivity index (χ0v) is 7.67. The van der Waals surface area contributed by atoms with E-state index in [1.165, 1.54) is 0 Å². The van der Waals surface area contributed by atoms with Gasteiger partial charge in [0.1, 0.15) is 11.8 Å². The van der Waals surface area contributed by atoms with Crippen molar-refractivity contribution in [3.63, 3.8) is 0 Å². The lowest BCUT2D eigenvalue weighted by Crippen LogP contribution is -1.87. The molecule has 0 fully saturated rings. The van der Waals surface area contributed by atoms with E-state index in [0.29, 0.717) is 10.5 Å². The summed E-state index contributed by atoms with van der Waals surface area (Å²) in [6.07, 6.45) is 1.71. The summed E-state index contributed by atoms with van der Waals surface area (Å²) in [5, 5.41) is 8.44. The number of halogens is 1. The van der Waals surface area contributed by atoms with E-state index in [9.17, 15) is 0 Å². The average Bonchev–Trinajstić information content (AvgIpc) is 2.05. The fourth-order valence-electron chi connectivity index (χ4n) is 0.707. The Morgan fingerprint density at radius 3 is 2.73 bits per heavy atom. The van der Waals surface area contributed by atoms with Gasteiger partial charge < -0.3 is 0 Å². The Morgan fingerprint density at radius 2 is 2.36 bits per heavy atom. The molecule has 2 nitrogen and oxygen atoms in total. The highest BCUT2D eigenvalue weighted by molar-refractivity contribution is 9.09. The monoisotopic (exact) mass is 210 g/mol. The Morgan fingerprint density at radius 1 is 1.64 bits per heavy atom. The number of pyridine rings is 1. The van der Waals surface area contributed by atoms with Gasteiger partial charge in [0, 0.05) is 11.0 Å². The van der Waals surface area contributed by atoms with E-state index in [2.05, 4.69) is 20.9 Å². The third-order valence-corrected chi connectivity index (χ3v) is 1.89. The number of nitriles is 1. The first-order valence-electron chi connectivity index (χ1n) is 3.24. The van der Waals surface area contributed by atoms with Gasteiger partial charge in [0.05, 0.1) is 0 Å². The molecule has 0 bridgehead atoms. The summed E-state index contributed by atoms with van der Waals surface area (Å²) in [6.45, 7) is 2.02. The molecule has 0 aliphatic heterocycles. The SMILES string of the molecule is CC(Br)c1ccc(C#N)nc1. The van der Waals surface area contributed by atoms with Crippen LogP contribution in [0.1, 0.15) is 23.0 Å². The lowest BCUT2D eigenvalue weighted by molar-refractivity contribution is 1.08. The molecule has 0 N–H and O–H groups in total. The van der Waals surface area contributed by atoms with E-state index in [4.69, 9.17) is 5.26 Å². The maximum Gasteiger partial charge on any atom is 0.140 e. The van der Waals surface area contributed by atoms with E-state index < -0.39 is 0 Å². The van der Waals surface area contributed by atoms with E-state index in [-0.39, 0.29) is 0 Å². The molecule has 1 aromatic rings. The van der Waals surface area contributed by atoms with Crippen LogP contribution >= 0.6 is 15.9 Å². The molecule has 11 heavy (non-hydrogen) atoms. The zero-order chi connectivity index (χ0) is 8.27. The minimum Gasteiger partial charge on any atom is -0.245 e. The number of alkyl halides is 1. The van der Waals surface area contributed by atoms with Gasteiger partial charge in [-0.05, 0) is 18.6 Å². The quantitative estimate of drug-likeness (QED) is 0.668. The van der Waals surface area contributed by atoms with Crippen LogP contribution in [0.3, 0.4) is 0 Å². The maximum atomic E-state index is 8.44. The van der Waals surface area contributed by atoms with Crippen LogP contribution in [0.15, 0.2) is 18.3 Å². The third kappa shape index (κ3) is 2.02. The van der Waals surface area contributed by atoms with Crippen molar-refractivity contribution in [3.8, 4) is 6.07 Å². The predicted molar refractivity (Wildman–Crippen MR) is 46.3 cm³/mol. The highest BCUT2D eigenvalue weighted by Gasteiger charge is 1.99. The van der Waals surface area contributed by atoms with Crippen molar-refractivity contribution in [1.82, 2.24) is 4.98 Å². The number of hydrogen-bond donors (Lipinski definition) is 0. The molecule has 0 amide bonds. The first-order chi connectivity index (χ1) is 5.24. The van der Waals surface area contributed by atoms with Gasteiger partial charge in [-0.1, -0.05) is 22.0 Å². The van der Waals surface area contributed by atoms with Crippen molar-refractivity contribution in [2.45, 2.75) is 11.8 Å². The fourth-order valence-corrected chi connectivity index (χ4v) is 0.978. The lowest BCUT2D eigenvalue weighted by atomic mass is 10.2. The van der Waals surface area contributed by atoms with Gasteiger partial charge in [-0.15, -0.1) is 0 Å². The second kappa shape index (κ2) is 3.49. The predicted octanol–water partition coefficient (Wildman–Crippen LogP) is 2.41. The van der Waals surface area contributed by atoms with E-state index in [1.54, 1.807) is 12.3 Å². The van der Waals surface area contributed by atoms with Crippen molar-refractivity contribution < 1.29 is 0 Å². The highest BCUT2D eigenvalue weighted by atomic mass is 79.9. The van der Waals surface area contributed by atoms with E-state index in [1.807, 2.05) is 19.1 Å². The van der Waals surface area contributed by atoms with Gasteiger partial charge in [-0.25, -0.2) is 4.98 Å². The Balaban J connectivity index is 2.94. The number of aromatic nitrogens is 1. The largest absolute Gasteiger partial charge is 0.245 e. The van der Waals surface area contributed by atoms with Crippen molar-refractivity contribution >= 4 is 15.9 Å². The van der Waals surface area contributed by atoms with Gasteiger partial charge in [0.15, 0.2) is 0 Å². The minimum atomic E-state index is 0.294. The molecule has 3 heteroatoms. The molecule has 0 aliphatic carbocycles. The molecular weight excluding hydrogens is 204 g/mol. The van der Waals surface area contributed by atoms with Crippen LogP contribution in [-0.2, 0) is 0 Å². The maximum absolute atomic E-state index is 8.44. The molecule has 0 spiro atoms. The average molecular weight is 211 g/mol. The third-order valence-electron chi connectivity index (χ3n) is 1.36. The first kappa shape index (κ1) is 8.22. The van der Waals surface area contributed by atoms with Crippen LogP contribution in [0.25, 0.3) is 0 Å². The molecule has 1 rings (SSSR count). The van der Waals surface area contributed by atoms with Crippen LogP contribution in [0.5, 0.6) is 0 Å². The molecular formula is C8H7BrN2. The second-order valence-electron chi connectivity index (χ2n) is 2.20. The van der Waals surface area contributed by atoms with Gasteiger partial charge in [0.2, 0.25) is 0 Å². The second-order valence-corrected chi connectivity index (χ2v) is 3.58. The summed E-state index contributed by atoms with van der Waals surface area (Å²) in [7, 11) is 0. The van der Waals surface area contributed by atoms with Gasteiger partial charge in [-0.2, -0.15) is 5.26 Å². The van der Waals surface area contributed by atoms with Crippen LogP contribution < -0.4 is 0 Å². The van der Waals surface area contributed by atoms with Crippen LogP contribution in [0.2, 0.25) is 0 Å². The molecule has 0 radical (unpaired) electrons. The summed E-state index contributed by atoms with van der Waals surface area (Å²) >= 11 is 3.41. The molecule has 1 atom stereocenters. The standard InChI is InChI=1S/C8H7BrN2/c1-6(9)7-2-3-8(4-10)11-5-7/h2-3,5-6H,1H3. The Kier molecular flexibility index (Phi) is 2.61. The van der Waals surface area contributed by atoms with Gasteiger partial charge in [-0.3, -0.25) is 0 Å². The molecule has 0 aliphatic rings.